The Kier molecular flexibility index (Phi) is 4.08. The van der Waals surface area contributed by atoms with E-state index in [9.17, 15) is 5.11 Å². The first-order valence-electron chi connectivity index (χ1n) is 5.36. The van der Waals surface area contributed by atoms with Crippen LogP contribution in [0.5, 0.6) is 0 Å². The summed E-state index contributed by atoms with van der Waals surface area (Å²) in [5.74, 6) is 0.658. The monoisotopic (exact) mass is 258 g/mol. The smallest absolute Gasteiger partial charge is 0.115 e. The Morgan fingerprint density at radius 2 is 2.25 bits per heavy atom. The standard InChI is InChI=1S/C11H15ClN2OS/c12-9-2-1-5-14-10(9)16-8-11(15)3-6-13-7-4-11/h1-2,5,13,15H,3-4,6-8H2. The topological polar surface area (TPSA) is 45.2 Å². The van der Waals surface area contributed by atoms with Crippen molar-refractivity contribution in [2.45, 2.75) is 23.5 Å². The molecule has 0 bridgehead atoms. The molecule has 1 saturated heterocycles. The Hall–Kier alpha value is -0.290. The van der Waals surface area contributed by atoms with Gasteiger partial charge in [-0.2, -0.15) is 0 Å². The van der Waals surface area contributed by atoms with Gasteiger partial charge in [0.2, 0.25) is 0 Å². The van der Waals surface area contributed by atoms with Crippen LogP contribution in [-0.2, 0) is 0 Å². The number of aromatic nitrogens is 1. The molecule has 16 heavy (non-hydrogen) atoms. The van der Waals surface area contributed by atoms with Gasteiger partial charge in [-0.05, 0) is 38.1 Å². The molecule has 0 saturated carbocycles. The van der Waals surface area contributed by atoms with Crippen LogP contribution >= 0.6 is 23.4 Å². The molecule has 0 unspecified atom stereocenters. The predicted molar refractivity (Wildman–Crippen MR) is 67.0 cm³/mol. The fraction of sp³-hybridized carbons (Fsp3) is 0.545. The quantitative estimate of drug-likeness (QED) is 0.814. The van der Waals surface area contributed by atoms with Gasteiger partial charge >= 0.3 is 0 Å². The summed E-state index contributed by atoms with van der Waals surface area (Å²) in [7, 11) is 0. The molecule has 2 heterocycles. The fourth-order valence-corrected chi connectivity index (χ4v) is 3.04. The van der Waals surface area contributed by atoms with Crippen LogP contribution in [0, 0.1) is 0 Å². The largest absolute Gasteiger partial charge is 0.389 e. The molecule has 1 aliphatic rings. The Morgan fingerprint density at radius 3 is 2.94 bits per heavy atom. The fourth-order valence-electron chi connectivity index (χ4n) is 1.72. The van der Waals surface area contributed by atoms with E-state index in [0.29, 0.717) is 10.8 Å². The highest BCUT2D eigenvalue weighted by Crippen LogP contribution is 2.30. The molecule has 0 amide bonds. The molecule has 1 aliphatic heterocycles. The van der Waals surface area contributed by atoms with Gasteiger partial charge in [0.15, 0.2) is 0 Å². The van der Waals surface area contributed by atoms with Crippen molar-refractivity contribution in [2.75, 3.05) is 18.8 Å². The molecular weight excluding hydrogens is 244 g/mol. The van der Waals surface area contributed by atoms with E-state index in [2.05, 4.69) is 10.3 Å². The van der Waals surface area contributed by atoms with Crippen LogP contribution in [0.25, 0.3) is 0 Å². The Labute approximate surface area is 105 Å². The first kappa shape index (κ1) is 12.2. The lowest BCUT2D eigenvalue weighted by atomic mass is 9.95. The van der Waals surface area contributed by atoms with E-state index in [1.807, 2.05) is 12.1 Å². The van der Waals surface area contributed by atoms with E-state index in [-0.39, 0.29) is 0 Å². The summed E-state index contributed by atoms with van der Waals surface area (Å²) >= 11 is 7.54. The van der Waals surface area contributed by atoms with Crippen LogP contribution in [0.2, 0.25) is 5.02 Å². The maximum Gasteiger partial charge on any atom is 0.115 e. The van der Waals surface area contributed by atoms with Gasteiger partial charge in [-0.3, -0.25) is 0 Å². The summed E-state index contributed by atoms with van der Waals surface area (Å²) < 4.78 is 0. The molecule has 0 aliphatic carbocycles. The molecular formula is C11H15ClN2OS. The van der Waals surface area contributed by atoms with Crippen molar-refractivity contribution < 1.29 is 5.11 Å². The first-order valence-corrected chi connectivity index (χ1v) is 6.72. The van der Waals surface area contributed by atoms with Gasteiger partial charge < -0.3 is 10.4 Å². The summed E-state index contributed by atoms with van der Waals surface area (Å²) in [5, 5.41) is 15.0. The molecule has 5 heteroatoms. The van der Waals surface area contributed by atoms with E-state index in [0.717, 1.165) is 31.0 Å². The molecule has 1 aromatic rings. The second kappa shape index (κ2) is 5.36. The number of pyridine rings is 1. The number of nitrogens with one attached hydrogen (secondary N) is 1. The number of hydrogen-bond donors (Lipinski definition) is 2. The number of thioether (sulfide) groups is 1. The molecule has 0 radical (unpaired) electrons. The average molecular weight is 259 g/mol. The Balaban J connectivity index is 1.94. The number of halogens is 1. The van der Waals surface area contributed by atoms with Crippen molar-refractivity contribution >= 4 is 23.4 Å². The normalized spacial score (nSPS) is 19.6. The highest BCUT2D eigenvalue weighted by molar-refractivity contribution is 7.99. The number of rotatable bonds is 3. The molecule has 2 N–H and O–H groups in total. The van der Waals surface area contributed by atoms with Crippen molar-refractivity contribution in [1.29, 1.82) is 0 Å². The third kappa shape index (κ3) is 3.10. The number of piperidine rings is 1. The minimum Gasteiger partial charge on any atom is -0.389 e. The van der Waals surface area contributed by atoms with Crippen molar-refractivity contribution in [3.8, 4) is 0 Å². The number of nitrogens with zero attached hydrogens (tertiary/aromatic N) is 1. The molecule has 0 spiro atoms. The van der Waals surface area contributed by atoms with Gasteiger partial charge in [-0.25, -0.2) is 4.98 Å². The van der Waals surface area contributed by atoms with E-state index in [1.165, 1.54) is 11.8 Å². The zero-order valence-electron chi connectivity index (χ0n) is 8.95. The average Bonchev–Trinajstić information content (AvgIpc) is 2.29. The lowest BCUT2D eigenvalue weighted by Crippen LogP contribution is -2.43. The SMILES string of the molecule is OC1(CSc2ncccc2Cl)CCNCC1. The molecule has 0 atom stereocenters. The molecule has 88 valence electrons. The third-order valence-corrected chi connectivity index (χ3v) is 4.43. The lowest BCUT2D eigenvalue weighted by molar-refractivity contribution is 0.0339. The van der Waals surface area contributed by atoms with Crippen LogP contribution in [0.1, 0.15) is 12.8 Å². The Bertz CT molecular complexity index is 356. The minimum absolute atomic E-state index is 0.573. The maximum absolute atomic E-state index is 10.3. The van der Waals surface area contributed by atoms with Crippen LogP contribution in [-0.4, -0.2) is 34.5 Å². The zero-order chi connectivity index (χ0) is 11.4. The van der Waals surface area contributed by atoms with Crippen molar-refractivity contribution in [3.63, 3.8) is 0 Å². The van der Waals surface area contributed by atoms with Crippen LogP contribution in [0.15, 0.2) is 23.4 Å². The third-order valence-electron chi connectivity index (χ3n) is 2.74. The maximum atomic E-state index is 10.3. The molecule has 2 rings (SSSR count). The summed E-state index contributed by atoms with van der Waals surface area (Å²) in [6.07, 6.45) is 3.32. The summed E-state index contributed by atoms with van der Waals surface area (Å²) in [5.41, 5.74) is -0.573. The zero-order valence-corrected chi connectivity index (χ0v) is 10.5. The minimum atomic E-state index is -0.573. The van der Waals surface area contributed by atoms with E-state index < -0.39 is 5.60 Å². The molecule has 0 aromatic carbocycles. The van der Waals surface area contributed by atoms with Crippen molar-refractivity contribution in [3.05, 3.63) is 23.4 Å². The van der Waals surface area contributed by atoms with Crippen molar-refractivity contribution in [1.82, 2.24) is 10.3 Å². The van der Waals surface area contributed by atoms with Gasteiger partial charge in [0.25, 0.3) is 0 Å². The molecule has 3 nitrogen and oxygen atoms in total. The Morgan fingerprint density at radius 1 is 1.50 bits per heavy atom. The van der Waals surface area contributed by atoms with Crippen LogP contribution < -0.4 is 5.32 Å². The van der Waals surface area contributed by atoms with Gasteiger partial charge in [-0.15, -0.1) is 11.8 Å². The van der Waals surface area contributed by atoms with Gasteiger partial charge in [-0.1, -0.05) is 11.6 Å². The van der Waals surface area contributed by atoms with Crippen LogP contribution in [0.3, 0.4) is 0 Å². The van der Waals surface area contributed by atoms with Gasteiger partial charge in [0, 0.05) is 11.9 Å². The molecule has 1 fully saturated rings. The van der Waals surface area contributed by atoms with E-state index in [1.54, 1.807) is 6.20 Å². The van der Waals surface area contributed by atoms with Crippen LogP contribution in [0.4, 0.5) is 0 Å². The second-order valence-corrected chi connectivity index (χ2v) is 5.42. The lowest BCUT2D eigenvalue weighted by Gasteiger charge is -2.32. The first-order chi connectivity index (χ1) is 7.70. The predicted octanol–water partition coefficient (Wildman–Crippen LogP) is 1.94. The summed E-state index contributed by atoms with van der Waals surface area (Å²) in [4.78, 5) is 4.20. The summed E-state index contributed by atoms with van der Waals surface area (Å²) in [6.45, 7) is 1.76. The van der Waals surface area contributed by atoms with E-state index in [4.69, 9.17) is 11.6 Å². The second-order valence-electron chi connectivity index (χ2n) is 4.05. The number of hydrogen-bond acceptors (Lipinski definition) is 4. The number of aliphatic hydroxyl groups is 1. The highest BCUT2D eigenvalue weighted by Gasteiger charge is 2.29. The highest BCUT2D eigenvalue weighted by atomic mass is 35.5. The summed E-state index contributed by atoms with van der Waals surface area (Å²) in [6, 6.07) is 3.63. The van der Waals surface area contributed by atoms with Gasteiger partial charge in [0.1, 0.15) is 5.03 Å². The van der Waals surface area contributed by atoms with E-state index >= 15 is 0 Å². The van der Waals surface area contributed by atoms with Crippen molar-refractivity contribution in [2.24, 2.45) is 0 Å². The van der Waals surface area contributed by atoms with Gasteiger partial charge in [0.05, 0.1) is 10.6 Å². The molecule has 1 aromatic heterocycles.